The van der Waals surface area contributed by atoms with Crippen LogP contribution < -0.4 is 10.6 Å². The van der Waals surface area contributed by atoms with Crippen molar-refractivity contribution in [2.75, 3.05) is 6.54 Å². The van der Waals surface area contributed by atoms with Crippen LogP contribution in [0.25, 0.3) is 0 Å². The van der Waals surface area contributed by atoms with Crippen molar-refractivity contribution >= 4 is 12.0 Å². The molecule has 0 aromatic rings. The van der Waals surface area contributed by atoms with Gasteiger partial charge < -0.3 is 15.7 Å². The molecular weight excluding hydrogens is 244 g/mol. The minimum absolute atomic E-state index is 0.0808. The Labute approximate surface area is 114 Å². The monoisotopic (exact) mass is 268 g/mol. The standard InChI is InChI=1S/C14H24N2O3/c1-9-6-11(7-9)16-14(19)15-8-10-4-2-3-5-12(10)13(17)18/h9-12H,2-8H2,1H3,(H,17,18)(H2,15,16,19). The number of nitrogens with one attached hydrogen (secondary N) is 2. The fourth-order valence-electron chi connectivity index (χ4n) is 3.26. The Kier molecular flexibility index (Phi) is 4.66. The van der Waals surface area contributed by atoms with Gasteiger partial charge >= 0.3 is 12.0 Å². The second-order valence-electron chi connectivity index (χ2n) is 6.12. The minimum Gasteiger partial charge on any atom is -0.481 e. The molecule has 2 fully saturated rings. The summed E-state index contributed by atoms with van der Waals surface area (Å²) in [6.45, 7) is 2.65. The molecular formula is C14H24N2O3. The van der Waals surface area contributed by atoms with Crippen LogP contribution >= 0.6 is 0 Å². The molecule has 2 aliphatic carbocycles. The van der Waals surface area contributed by atoms with Gasteiger partial charge in [-0.1, -0.05) is 19.8 Å². The topological polar surface area (TPSA) is 78.4 Å². The SMILES string of the molecule is CC1CC(NC(=O)NCC2CCCCC2C(=O)O)C1. The molecule has 0 saturated heterocycles. The highest BCUT2D eigenvalue weighted by Gasteiger charge is 2.31. The van der Waals surface area contributed by atoms with Crippen LogP contribution in [0.4, 0.5) is 4.79 Å². The molecule has 0 radical (unpaired) electrons. The first-order valence-corrected chi connectivity index (χ1v) is 7.33. The van der Waals surface area contributed by atoms with Crippen molar-refractivity contribution in [2.24, 2.45) is 17.8 Å². The summed E-state index contributed by atoms with van der Waals surface area (Å²) in [7, 11) is 0. The van der Waals surface area contributed by atoms with Crippen LogP contribution in [-0.2, 0) is 4.79 Å². The number of carbonyl (C=O) groups is 2. The van der Waals surface area contributed by atoms with E-state index in [-0.39, 0.29) is 17.9 Å². The second kappa shape index (κ2) is 6.26. The Balaban J connectivity index is 1.71. The number of carboxylic acid groups (broad SMARTS) is 1. The lowest BCUT2D eigenvalue weighted by Gasteiger charge is -2.34. The number of urea groups is 1. The summed E-state index contributed by atoms with van der Waals surface area (Å²) in [4.78, 5) is 22.9. The lowest BCUT2D eigenvalue weighted by atomic mass is 9.79. The smallest absolute Gasteiger partial charge is 0.315 e. The van der Waals surface area contributed by atoms with Crippen LogP contribution in [0.15, 0.2) is 0 Å². The maximum absolute atomic E-state index is 11.7. The number of hydrogen-bond donors (Lipinski definition) is 3. The van der Waals surface area contributed by atoms with Gasteiger partial charge in [0.2, 0.25) is 0 Å². The van der Waals surface area contributed by atoms with Crippen LogP contribution in [0.3, 0.4) is 0 Å². The van der Waals surface area contributed by atoms with Gasteiger partial charge in [-0.3, -0.25) is 4.79 Å². The number of amides is 2. The molecule has 0 aromatic carbocycles. The van der Waals surface area contributed by atoms with Crippen LogP contribution in [0.5, 0.6) is 0 Å². The van der Waals surface area contributed by atoms with E-state index in [0.717, 1.165) is 38.5 Å². The van der Waals surface area contributed by atoms with Crippen molar-refractivity contribution < 1.29 is 14.7 Å². The molecule has 0 spiro atoms. The van der Waals surface area contributed by atoms with E-state index in [1.54, 1.807) is 0 Å². The van der Waals surface area contributed by atoms with Crippen molar-refractivity contribution in [3.05, 3.63) is 0 Å². The van der Waals surface area contributed by atoms with Crippen LogP contribution in [0, 0.1) is 17.8 Å². The van der Waals surface area contributed by atoms with Gasteiger partial charge in [0.1, 0.15) is 0 Å². The summed E-state index contributed by atoms with van der Waals surface area (Å²) in [6.07, 6.45) is 5.79. The molecule has 0 heterocycles. The Morgan fingerprint density at radius 1 is 1.21 bits per heavy atom. The average Bonchev–Trinajstić information content (AvgIpc) is 2.34. The number of rotatable bonds is 4. The van der Waals surface area contributed by atoms with E-state index in [9.17, 15) is 9.59 Å². The quantitative estimate of drug-likeness (QED) is 0.729. The minimum atomic E-state index is -0.722. The van der Waals surface area contributed by atoms with Crippen LogP contribution in [0.1, 0.15) is 45.4 Å². The van der Waals surface area contributed by atoms with Gasteiger partial charge in [0.05, 0.1) is 5.92 Å². The summed E-state index contributed by atoms with van der Waals surface area (Å²) < 4.78 is 0. The van der Waals surface area contributed by atoms with Crippen LogP contribution in [0.2, 0.25) is 0 Å². The van der Waals surface area contributed by atoms with E-state index in [1.165, 1.54) is 0 Å². The molecule has 5 nitrogen and oxygen atoms in total. The van der Waals surface area contributed by atoms with Gasteiger partial charge in [-0.05, 0) is 37.5 Å². The lowest BCUT2D eigenvalue weighted by molar-refractivity contribution is -0.144. The highest BCUT2D eigenvalue weighted by atomic mass is 16.4. The zero-order valence-corrected chi connectivity index (χ0v) is 11.5. The Morgan fingerprint density at radius 2 is 1.89 bits per heavy atom. The normalized spacial score (nSPS) is 34.2. The van der Waals surface area contributed by atoms with Crippen molar-refractivity contribution in [1.29, 1.82) is 0 Å². The molecule has 19 heavy (non-hydrogen) atoms. The summed E-state index contributed by atoms with van der Waals surface area (Å²) >= 11 is 0. The molecule has 0 aliphatic heterocycles. The summed E-state index contributed by atoms with van der Waals surface area (Å²) in [5.74, 6) is -0.227. The molecule has 3 N–H and O–H groups in total. The van der Waals surface area contributed by atoms with E-state index in [2.05, 4.69) is 17.6 Å². The Morgan fingerprint density at radius 3 is 2.53 bits per heavy atom. The molecule has 2 unspecified atom stereocenters. The van der Waals surface area contributed by atoms with E-state index in [4.69, 9.17) is 5.11 Å². The van der Waals surface area contributed by atoms with Crippen molar-refractivity contribution in [2.45, 2.75) is 51.5 Å². The largest absolute Gasteiger partial charge is 0.481 e. The summed E-state index contributed by atoms with van der Waals surface area (Å²) in [6, 6.07) is 0.156. The average molecular weight is 268 g/mol. The predicted octanol–water partition coefficient (Wildman–Crippen LogP) is 1.98. The molecule has 0 aromatic heterocycles. The third-order valence-electron chi connectivity index (χ3n) is 4.46. The molecule has 5 heteroatoms. The van der Waals surface area contributed by atoms with Crippen molar-refractivity contribution in [3.63, 3.8) is 0 Å². The van der Waals surface area contributed by atoms with Gasteiger partial charge in [-0.25, -0.2) is 4.79 Å². The molecule has 2 amide bonds. The van der Waals surface area contributed by atoms with Crippen molar-refractivity contribution in [3.8, 4) is 0 Å². The molecule has 108 valence electrons. The van der Waals surface area contributed by atoms with Crippen LogP contribution in [-0.4, -0.2) is 29.7 Å². The van der Waals surface area contributed by atoms with E-state index in [1.807, 2.05) is 0 Å². The summed E-state index contributed by atoms with van der Waals surface area (Å²) in [5, 5.41) is 14.9. The van der Waals surface area contributed by atoms with Crippen molar-refractivity contribution in [1.82, 2.24) is 10.6 Å². The number of hydrogen-bond acceptors (Lipinski definition) is 2. The first-order valence-electron chi connectivity index (χ1n) is 7.33. The highest BCUT2D eigenvalue weighted by Crippen LogP contribution is 2.30. The maximum Gasteiger partial charge on any atom is 0.315 e. The molecule has 2 rings (SSSR count). The Bertz CT molecular complexity index is 340. The first kappa shape index (κ1) is 14.2. The molecule has 2 atom stereocenters. The maximum atomic E-state index is 11.7. The zero-order chi connectivity index (χ0) is 13.8. The number of aliphatic carboxylic acids is 1. The second-order valence-corrected chi connectivity index (χ2v) is 6.12. The van der Waals surface area contributed by atoms with Gasteiger partial charge in [0, 0.05) is 12.6 Å². The first-order chi connectivity index (χ1) is 9.06. The highest BCUT2D eigenvalue weighted by molar-refractivity contribution is 5.74. The lowest BCUT2D eigenvalue weighted by Crippen LogP contribution is -2.49. The molecule has 2 aliphatic rings. The van der Waals surface area contributed by atoms with E-state index in [0.29, 0.717) is 18.5 Å². The van der Waals surface area contributed by atoms with E-state index < -0.39 is 5.97 Å². The third kappa shape index (κ3) is 3.85. The zero-order valence-electron chi connectivity index (χ0n) is 11.5. The summed E-state index contributed by atoms with van der Waals surface area (Å²) in [5.41, 5.74) is 0. The Hall–Kier alpha value is -1.26. The van der Waals surface area contributed by atoms with Gasteiger partial charge in [-0.2, -0.15) is 0 Å². The molecule has 0 bridgehead atoms. The fraction of sp³-hybridized carbons (Fsp3) is 0.857. The number of carbonyl (C=O) groups excluding carboxylic acids is 1. The number of carboxylic acids is 1. The van der Waals surface area contributed by atoms with Gasteiger partial charge in [-0.15, -0.1) is 0 Å². The van der Waals surface area contributed by atoms with Gasteiger partial charge in [0.15, 0.2) is 0 Å². The predicted molar refractivity (Wildman–Crippen MR) is 71.8 cm³/mol. The fourth-order valence-corrected chi connectivity index (χ4v) is 3.26. The third-order valence-corrected chi connectivity index (χ3v) is 4.46. The molecule has 2 saturated carbocycles. The van der Waals surface area contributed by atoms with Gasteiger partial charge in [0.25, 0.3) is 0 Å². The van der Waals surface area contributed by atoms with E-state index >= 15 is 0 Å².